The second-order valence-corrected chi connectivity index (χ2v) is 10.9. The molecule has 16 heteroatoms. The Morgan fingerprint density at radius 1 is 1.08 bits per heavy atom. The molecule has 0 saturated carbocycles. The van der Waals surface area contributed by atoms with Gasteiger partial charge in [0.2, 0.25) is 11.8 Å². The summed E-state index contributed by atoms with van der Waals surface area (Å²) in [7, 11) is 4.62. The van der Waals surface area contributed by atoms with Gasteiger partial charge in [-0.1, -0.05) is 6.08 Å². The first kappa shape index (κ1) is 36.2. The average Bonchev–Trinajstić information content (AvgIpc) is 3.46. The lowest BCUT2D eigenvalue weighted by Gasteiger charge is -2.18. The summed E-state index contributed by atoms with van der Waals surface area (Å²) in [6, 6.07) is 7.02. The summed E-state index contributed by atoms with van der Waals surface area (Å²) in [4.78, 5) is 59.5. The first-order valence-corrected chi connectivity index (χ1v) is 15.0. The van der Waals surface area contributed by atoms with Crippen LogP contribution in [0.2, 0.25) is 0 Å². The molecule has 13 nitrogen and oxygen atoms in total. The summed E-state index contributed by atoms with van der Waals surface area (Å²) in [5, 5.41) is 5.01. The minimum Gasteiger partial charge on any atom is -0.486 e. The molecular weight excluding hydrogens is 649 g/mol. The van der Waals surface area contributed by atoms with Crippen LogP contribution in [0, 0.1) is 17.5 Å². The number of benzene rings is 2. The highest BCUT2D eigenvalue weighted by Crippen LogP contribution is 2.27. The lowest BCUT2D eigenvalue weighted by atomic mass is 10.1. The zero-order valence-electron chi connectivity index (χ0n) is 26.9. The van der Waals surface area contributed by atoms with Crippen molar-refractivity contribution in [1.82, 2.24) is 24.8 Å². The number of alkyl carbamates (subject to hydrolysis) is 1. The van der Waals surface area contributed by atoms with Crippen LogP contribution in [-0.4, -0.2) is 77.8 Å². The molecule has 0 aliphatic carbocycles. The molecule has 3 amide bonds. The number of methoxy groups -OCH3 is 1. The highest BCUT2D eigenvalue weighted by Gasteiger charge is 2.22. The molecule has 0 radical (unpaired) electrons. The van der Waals surface area contributed by atoms with Gasteiger partial charge in [0.15, 0.2) is 5.75 Å². The highest BCUT2D eigenvalue weighted by molar-refractivity contribution is 5.96. The predicted molar refractivity (Wildman–Crippen MR) is 172 cm³/mol. The molecule has 4 rings (SSSR count). The molecule has 0 saturated heterocycles. The van der Waals surface area contributed by atoms with Gasteiger partial charge in [-0.3, -0.25) is 14.4 Å². The molecule has 0 bridgehead atoms. The maximum atomic E-state index is 14.4. The van der Waals surface area contributed by atoms with Crippen LogP contribution < -0.4 is 20.9 Å². The number of likely N-dealkylation sites (N-methyl/N-ethyl adjacent to an activating group) is 1. The van der Waals surface area contributed by atoms with Crippen LogP contribution in [0.15, 0.2) is 65.6 Å². The number of allylic oxidation sites excluding steroid dienone is 1. The summed E-state index contributed by atoms with van der Waals surface area (Å²) in [5.41, 5.74) is -0.198. The first-order chi connectivity index (χ1) is 23.4. The lowest BCUT2D eigenvalue weighted by molar-refractivity contribution is -0.123. The molecule has 2 aromatic heterocycles. The Kier molecular flexibility index (Phi) is 12.5. The third-order valence-corrected chi connectivity index (χ3v) is 7.01. The molecule has 0 unspecified atom stereocenters. The van der Waals surface area contributed by atoms with E-state index in [1.54, 1.807) is 20.2 Å². The number of rotatable bonds is 15. The normalized spacial score (nSPS) is 11.8. The van der Waals surface area contributed by atoms with Crippen molar-refractivity contribution in [3.05, 3.63) is 100 Å². The zero-order chi connectivity index (χ0) is 35.5. The summed E-state index contributed by atoms with van der Waals surface area (Å²) < 4.78 is 58.5. The van der Waals surface area contributed by atoms with E-state index >= 15 is 0 Å². The number of aromatic nitrogens is 3. The van der Waals surface area contributed by atoms with Gasteiger partial charge in [0.25, 0.3) is 5.56 Å². The molecule has 49 heavy (non-hydrogen) atoms. The van der Waals surface area contributed by atoms with E-state index in [0.29, 0.717) is 6.07 Å². The van der Waals surface area contributed by atoms with Crippen molar-refractivity contribution in [2.24, 2.45) is 0 Å². The monoisotopic (exact) mass is 684 g/mol. The van der Waals surface area contributed by atoms with Crippen molar-refractivity contribution in [3.8, 4) is 5.75 Å². The Bertz CT molecular complexity index is 1890. The number of pyridine rings is 1. The van der Waals surface area contributed by atoms with Gasteiger partial charge in [-0.25, -0.2) is 22.9 Å². The number of ether oxygens (including phenoxy) is 3. The maximum Gasteiger partial charge on any atom is 0.407 e. The van der Waals surface area contributed by atoms with Crippen LogP contribution in [0.5, 0.6) is 5.75 Å². The minimum absolute atomic E-state index is 0.00481. The molecular formula is C33H35F3N6O7. The molecule has 260 valence electrons. The van der Waals surface area contributed by atoms with E-state index in [1.165, 1.54) is 53.1 Å². The zero-order valence-corrected chi connectivity index (χ0v) is 26.9. The van der Waals surface area contributed by atoms with E-state index < -0.39 is 41.1 Å². The number of nitrogens with zero attached hydrogens (tertiary/aromatic N) is 3. The van der Waals surface area contributed by atoms with Crippen LogP contribution >= 0.6 is 0 Å². The number of nitrogens with one attached hydrogen (secondary N) is 3. The molecule has 0 fully saturated rings. The summed E-state index contributed by atoms with van der Waals surface area (Å²) >= 11 is 0. The number of anilines is 1. The van der Waals surface area contributed by atoms with E-state index in [2.05, 4.69) is 20.6 Å². The van der Waals surface area contributed by atoms with Gasteiger partial charge in [0.05, 0.1) is 18.7 Å². The third-order valence-electron chi connectivity index (χ3n) is 7.01. The largest absolute Gasteiger partial charge is 0.486 e. The Labute approximate surface area is 278 Å². The summed E-state index contributed by atoms with van der Waals surface area (Å²) in [6.07, 6.45) is 3.81. The van der Waals surface area contributed by atoms with Gasteiger partial charge in [0.1, 0.15) is 53.7 Å². The molecule has 2 heterocycles. The number of fused-ring (bicyclic) bond motifs is 1. The van der Waals surface area contributed by atoms with Gasteiger partial charge < -0.3 is 39.3 Å². The summed E-state index contributed by atoms with van der Waals surface area (Å²) in [5.74, 6) is -2.96. The number of carbonyl (C=O) groups is 3. The Hall–Kier alpha value is -5.64. The van der Waals surface area contributed by atoms with Crippen molar-refractivity contribution in [2.75, 3.05) is 39.7 Å². The van der Waals surface area contributed by atoms with Gasteiger partial charge >= 0.3 is 6.09 Å². The maximum absolute atomic E-state index is 14.4. The molecule has 0 aliphatic heterocycles. The molecule has 0 aliphatic rings. The third kappa shape index (κ3) is 10.2. The number of halogens is 3. The minimum atomic E-state index is -1.13. The van der Waals surface area contributed by atoms with Crippen molar-refractivity contribution in [2.45, 2.75) is 32.0 Å². The van der Waals surface area contributed by atoms with Gasteiger partial charge in [-0.05, 0) is 49.2 Å². The van der Waals surface area contributed by atoms with E-state index in [-0.39, 0.29) is 79.0 Å². The second kappa shape index (κ2) is 17.0. The topological polar surface area (TPSA) is 157 Å². The Morgan fingerprint density at radius 3 is 2.61 bits per heavy atom. The quantitative estimate of drug-likeness (QED) is 0.126. The number of hydrogen-bond donors (Lipinski definition) is 3. The van der Waals surface area contributed by atoms with Crippen molar-refractivity contribution in [1.29, 1.82) is 0 Å². The Morgan fingerprint density at radius 2 is 1.88 bits per heavy atom. The van der Waals surface area contributed by atoms with Gasteiger partial charge in [-0.15, -0.1) is 0 Å². The molecule has 4 aromatic rings. The van der Waals surface area contributed by atoms with E-state index in [1.807, 2.05) is 0 Å². The number of H-pyrrole nitrogens is 1. The van der Waals surface area contributed by atoms with Crippen molar-refractivity contribution in [3.63, 3.8) is 0 Å². The van der Waals surface area contributed by atoms with E-state index in [4.69, 9.17) is 14.2 Å². The fourth-order valence-corrected chi connectivity index (χ4v) is 4.49. The first-order valence-electron chi connectivity index (χ1n) is 15.0. The standard InChI is InChI=1S/C33H35F3N6O7/c1-41(2)29(43)9-5-4-7-24(39-33(46)48-14-13-47-3)31(44)38-25-8-6-12-42(32(25)45)18-28-37-26-16-22(35)17-27(30(26)40-28)49-19-20-10-11-21(34)15-23(20)36/h5-6,8-12,15-17,24H,4,7,13-14,18-19H2,1-3H3,(H,37,40)(H,38,44)(H,39,46)/b9-5+/t24-/m0/s1. The smallest absolute Gasteiger partial charge is 0.407 e. The predicted octanol–water partition coefficient (Wildman–Crippen LogP) is 3.87. The number of aromatic amines is 1. The van der Waals surface area contributed by atoms with Crippen molar-refractivity contribution < 1.29 is 41.8 Å². The molecule has 3 N–H and O–H groups in total. The van der Waals surface area contributed by atoms with Crippen LogP contribution in [0.3, 0.4) is 0 Å². The number of imidazole rings is 1. The van der Waals surface area contributed by atoms with E-state index in [0.717, 1.165) is 12.1 Å². The lowest BCUT2D eigenvalue weighted by Crippen LogP contribution is -2.45. The summed E-state index contributed by atoms with van der Waals surface area (Å²) in [6.45, 7) is -0.345. The number of amides is 3. The van der Waals surface area contributed by atoms with Crippen LogP contribution in [0.1, 0.15) is 24.2 Å². The highest BCUT2D eigenvalue weighted by atomic mass is 19.1. The van der Waals surface area contributed by atoms with Crippen LogP contribution in [0.4, 0.5) is 23.7 Å². The Balaban J connectivity index is 1.49. The second-order valence-electron chi connectivity index (χ2n) is 10.9. The SMILES string of the molecule is COCCOC(=O)N[C@@H](CC/C=C/C(=O)N(C)C)C(=O)Nc1cccn(Cc2nc3c(OCc4ccc(F)cc4F)cc(F)cc3[nH]2)c1=O. The van der Waals surface area contributed by atoms with Crippen LogP contribution in [-0.2, 0) is 32.2 Å². The fraction of sp³-hybridized carbons (Fsp3) is 0.303. The van der Waals surface area contributed by atoms with Crippen molar-refractivity contribution >= 4 is 34.6 Å². The number of hydrogen-bond acceptors (Lipinski definition) is 8. The van der Waals surface area contributed by atoms with E-state index in [9.17, 15) is 32.3 Å². The molecule has 2 aromatic carbocycles. The van der Waals surface area contributed by atoms with Crippen LogP contribution in [0.25, 0.3) is 11.0 Å². The fourth-order valence-electron chi connectivity index (χ4n) is 4.49. The van der Waals surface area contributed by atoms with Gasteiger partial charge in [0, 0.05) is 45.1 Å². The van der Waals surface area contributed by atoms with Gasteiger partial charge in [-0.2, -0.15) is 0 Å². The number of carbonyl (C=O) groups excluding carboxylic acids is 3. The average molecular weight is 685 g/mol. The molecule has 0 spiro atoms. The molecule has 1 atom stereocenters.